The molecule has 0 saturated heterocycles. The Morgan fingerprint density at radius 1 is 0.800 bits per heavy atom. The molecule has 0 heterocycles. The van der Waals surface area contributed by atoms with E-state index >= 15 is 0 Å². The van der Waals surface area contributed by atoms with Crippen LogP contribution in [0, 0.1) is 0 Å². The Balaban J connectivity index is 1.83. The van der Waals surface area contributed by atoms with Crippen LogP contribution in [0.4, 0.5) is 5.69 Å². The Bertz CT molecular complexity index is 1710. The zero-order valence-corrected chi connectivity index (χ0v) is 28.0. The molecule has 0 saturated carbocycles. The molecule has 1 N–H and O–H groups in total. The fourth-order valence-corrected chi connectivity index (χ4v) is 6.72. The summed E-state index contributed by atoms with van der Waals surface area (Å²) < 4.78 is 29.1. The second-order valence-electron chi connectivity index (χ2n) is 10.6. The Labute approximate surface area is 279 Å². The average molecular weight is 687 g/mol. The van der Waals surface area contributed by atoms with Crippen LogP contribution in [0.2, 0.25) is 15.1 Å². The van der Waals surface area contributed by atoms with E-state index in [0.717, 1.165) is 9.87 Å². The molecular formula is C34H34Cl3N3O4S. The van der Waals surface area contributed by atoms with Gasteiger partial charge in [-0.1, -0.05) is 108 Å². The SMILES string of the molecule is CC[C@H](C)NC(=O)[C@@H](Cc1ccccc1)N(Cc1ccc(Cl)cc1)C(=O)CN(c1cccc(Cl)c1Cl)S(=O)(=O)c1ccccc1. The number of anilines is 1. The molecule has 0 radical (unpaired) electrons. The summed E-state index contributed by atoms with van der Waals surface area (Å²) in [6.07, 6.45) is 0.886. The van der Waals surface area contributed by atoms with Gasteiger partial charge in [-0.05, 0) is 60.9 Å². The Morgan fingerprint density at radius 3 is 2.04 bits per heavy atom. The molecule has 0 aromatic heterocycles. The Kier molecular flexibility index (Phi) is 11.9. The van der Waals surface area contributed by atoms with Gasteiger partial charge in [0.1, 0.15) is 12.6 Å². The van der Waals surface area contributed by atoms with Gasteiger partial charge in [-0.2, -0.15) is 0 Å². The smallest absolute Gasteiger partial charge is 0.264 e. The maximum atomic E-state index is 14.5. The van der Waals surface area contributed by atoms with Crippen LogP contribution >= 0.6 is 34.8 Å². The van der Waals surface area contributed by atoms with Crippen LogP contribution in [0.1, 0.15) is 31.4 Å². The predicted molar refractivity (Wildman–Crippen MR) is 181 cm³/mol. The van der Waals surface area contributed by atoms with Gasteiger partial charge in [-0.15, -0.1) is 0 Å². The van der Waals surface area contributed by atoms with Crippen molar-refractivity contribution in [1.29, 1.82) is 0 Å². The van der Waals surface area contributed by atoms with Gasteiger partial charge in [-0.25, -0.2) is 8.42 Å². The molecule has 4 rings (SSSR count). The fourth-order valence-electron chi connectivity index (χ4n) is 4.70. The molecule has 0 aliphatic carbocycles. The Hall–Kier alpha value is -3.56. The van der Waals surface area contributed by atoms with E-state index in [0.29, 0.717) is 17.0 Å². The number of halogens is 3. The van der Waals surface area contributed by atoms with E-state index in [1.807, 2.05) is 44.2 Å². The summed E-state index contributed by atoms with van der Waals surface area (Å²) >= 11 is 19.0. The van der Waals surface area contributed by atoms with Crippen molar-refractivity contribution < 1.29 is 18.0 Å². The highest BCUT2D eigenvalue weighted by Gasteiger charge is 2.35. The van der Waals surface area contributed by atoms with E-state index in [1.165, 1.54) is 29.2 Å². The van der Waals surface area contributed by atoms with Gasteiger partial charge < -0.3 is 10.2 Å². The number of nitrogens with one attached hydrogen (secondary N) is 1. The number of nitrogens with zero attached hydrogens (tertiary/aromatic N) is 2. The molecule has 0 fully saturated rings. The van der Waals surface area contributed by atoms with Gasteiger partial charge in [-0.3, -0.25) is 13.9 Å². The summed E-state index contributed by atoms with van der Waals surface area (Å²) in [5.74, 6) is -0.963. The summed E-state index contributed by atoms with van der Waals surface area (Å²) in [5.41, 5.74) is 1.58. The van der Waals surface area contributed by atoms with Crippen molar-refractivity contribution in [2.75, 3.05) is 10.8 Å². The summed E-state index contributed by atoms with van der Waals surface area (Å²) in [6.45, 7) is 3.21. The molecule has 0 aliphatic heterocycles. The van der Waals surface area contributed by atoms with Crippen molar-refractivity contribution in [2.45, 2.75) is 50.2 Å². The number of rotatable bonds is 13. The third kappa shape index (κ3) is 8.79. The molecule has 0 aliphatic rings. The molecule has 0 unspecified atom stereocenters. The number of hydrogen-bond acceptors (Lipinski definition) is 4. The molecule has 7 nitrogen and oxygen atoms in total. The summed E-state index contributed by atoms with van der Waals surface area (Å²) in [4.78, 5) is 29.8. The first-order chi connectivity index (χ1) is 21.5. The third-order valence-electron chi connectivity index (χ3n) is 7.35. The fraction of sp³-hybridized carbons (Fsp3) is 0.235. The molecular weight excluding hydrogens is 653 g/mol. The number of benzene rings is 4. The lowest BCUT2D eigenvalue weighted by molar-refractivity contribution is -0.140. The largest absolute Gasteiger partial charge is 0.352 e. The topological polar surface area (TPSA) is 86.8 Å². The highest BCUT2D eigenvalue weighted by Crippen LogP contribution is 2.35. The minimum absolute atomic E-state index is 0.0178. The summed E-state index contributed by atoms with van der Waals surface area (Å²) in [6, 6.07) is 27.5. The predicted octanol–water partition coefficient (Wildman–Crippen LogP) is 7.40. The van der Waals surface area contributed by atoms with Crippen molar-refractivity contribution in [2.24, 2.45) is 0 Å². The molecule has 2 atom stereocenters. The lowest BCUT2D eigenvalue weighted by Gasteiger charge is -2.34. The van der Waals surface area contributed by atoms with Crippen LogP contribution in [0.3, 0.4) is 0 Å². The van der Waals surface area contributed by atoms with Gasteiger partial charge in [0.2, 0.25) is 11.8 Å². The van der Waals surface area contributed by atoms with Gasteiger partial charge in [0, 0.05) is 24.0 Å². The molecule has 4 aromatic rings. The first-order valence-electron chi connectivity index (χ1n) is 14.4. The normalized spacial score (nSPS) is 12.6. The lowest BCUT2D eigenvalue weighted by atomic mass is 10.0. The van der Waals surface area contributed by atoms with Crippen molar-refractivity contribution in [3.05, 3.63) is 129 Å². The number of hydrogen-bond donors (Lipinski definition) is 1. The first kappa shape index (κ1) is 34.3. The van der Waals surface area contributed by atoms with E-state index in [9.17, 15) is 18.0 Å². The second kappa shape index (κ2) is 15.6. The van der Waals surface area contributed by atoms with Crippen molar-refractivity contribution in [1.82, 2.24) is 10.2 Å². The monoisotopic (exact) mass is 685 g/mol. The van der Waals surface area contributed by atoms with Gasteiger partial charge >= 0.3 is 0 Å². The Morgan fingerprint density at radius 2 is 1.42 bits per heavy atom. The van der Waals surface area contributed by atoms with Gasteiger partial charge in [0.05, 0.1) is 20.6 Å². The van der Waals surface area contributed by atoms with Gasteiger partial charge in [0.15, 0.2) is 0 Å². The number of amides is 2. The minimum atomic E-state index is -4.30. The van der Waals surface area contributed by atoms with Crippen LogP contribution in [0.5, 0.6) is 0 Å². The van der Waals surface area contributed by atoms with Crippen LogP contribution < -0.4 is 9.62 Å². The average Bonchev–Trinajstić information content (AvgIpc) is 3.04. The molecule has 45 heavy (non-hydrogen) atoms. The quantitative estimate of drug-likeness (QED) is 0.159. The first-order valence-corrected chi connectivity index (χ1v) is 17.0. The van der Waals surface area contributed by atoms with E-state index in [4.69, 9.17) is 34.8 Å². The van der Waals surface area contributed by atoms with Crippen molar-refractivity contribution in [3.8, 4) is 0 Å². The van der Waals surface area contributed by atoms with E-state index < -0.39 is 28.5 Å². The molecule has 2 amide bonds. The highest BCUT2D eigenvalue weighted by atomic mass is 35.5. The second-order valence-corrected chi connectivity index (χ2v) is 13.7. The van der Waals surface area contributed by atoms with Gasteiger partial charge in [0.25, 0.3) is 10.0 Å². The van der Waals surface area contributed by atoms with Crippen LogP contribution in [-0.4, -0.2) is 43.8 Å². The van der Waals surface area contributed by atoms with Crippen molar-refractivity contribution >= 4 is 62.3 Å². The number of sulfonamides is 1. The van der Waals surface area contributed by atoms with Crippen LogP contribution in [0.15, 0.2) is 108 Å². The highest BCUT2D eigenvalue weighted by molar-refractivity contribution is 7.92. The number of carbonyl (C=O) groups excluding carboxylic acids is 2. The van der Waals surface area contributed by atoms with E-state index in [1.54, 1.807) is 48.5 Å². The molecule has 236 valence electrons. The van der Waals surface area contributed by atoms with E-state index in [-0.39, 0.29) is 45.5 Å². The third-order valence-corrected chi connectivity index (χ3v) is 10.2. The molecule has 4 aromatic carbocycles. The number of carbonyl (C=O) groups is 2. The standard InChI is InChI=1S/C34H34Cl3N3O4S/c1-3-24(2)38-34(42)31(21-25-11-6-4-7-12-25)39(22-26-17-19-27(35)20-18-26)32(41)23-40(30-16-10-15-29(36)33(30)37)45(43,44)28-13-8-5-9-14-28/h4-20,24,31H,3,21-23H2,1-2H3,(H,38,42)/t24-,31+/m0/s1. The van der Waals surface area contributed by atoms with Crippen LogP contribution in [-0.2, 0) is 32.6 Å². The summed E-state index contributed by atoms with van der Waals surface area (Å²) in [5, 5.41) is 3.64. The van der Waals surface area contributed by atoms with E-state index in [2.05, 4.69) is 5.32 Å². The van der Waals surface area contributed by atoms with Crippen molar-refractivity contribution in [3.63, 3.8) is 0 Å². The molecule has 0 bridgehead atoms. The zero-order valence-electron chi connectivity index (χ0n) is 24.9. The maximum absolute atomic E-state index is 14.5. The maximum Gasteiger partial charge on any atom is 0.264 e. The lowest BCUT2D eigenvalue weighted by Crippen LogP contribution is -2.54. The molecule has 0 spiro atoms. The molecule has 11 heteroatoms. The van der Waals surface area contributed by atoms with Crippen LogP contribution in [0.25, 0.3) is 0 Å². The minimum Gasteiger partial charge on any atom is -0.352 e. The summed E-state index contributed by atoms with van der Waals surface area (Å²) in [7, 11) is -4.30. The zero-order chi connectivity index (χ0) is 32.6.